The smallest absolute Gasteiger partial charge is 0.295 e. The molecule has 0 fully saturated rings. The largest absolute Gasteiger partial charge is 0.364 e. The molecule has 0 saturated carbocycles. The molecule has 2 amide bonds. The number of hydroxylamine groups is 2. The Kier molecular flexibility index (Phi) is 3.05. The highest BCUT2D eigenvalue weighted by Crippen LogP contribution is 2.05. The van der Waals surface area contributed by atoms with E-state index in [4.69, 9.17) is 10.6 Å². The Hall–Kier alpha value is -1.89. The van der Waals surface area contributed by atoms with Crippen LogP contribution in [0.3, 0.4) is 0 Å². The van der Waals surface area contributed by atoms with E-state index in [1.54, 1.807) is 7.05 Å². The maximum Gasteiger partial charge on any atom is 0.295 e. The number of aryl methyl sites for hydroxylation is 1. The lowest BCUT2D eigenvalue weighted by atomic mass is 10.3. The molecule has 1 heterocycles. The van der Waals surface area contributed by atoms with Gasteiger partial charge in [0.05, 0.1) is 7.11 Å². The molecule has 2 N–H and O–H groups in total. The van der Waals surface area contributed by atoms with Gasteiger partial charge in [0, 0.05) is 20.2 Å². The van der Waals surface area contributed by atoms with Gasteiger partial charge >= 0.3 is 0 Å². The van der Waals surface area contributed by atoms with Crippen LogP contribution < -0.4 is 5.73 Å². The minimum Gasteiger partial charge on any atom is -0.364 e. The van der Waals surface area contributed by atoms with E-state index in [1.165, 1.54) is 24.9 Å². The Balaban J connectivity index is 3.05. The summed E-state index contributed by atoms with van der Waals surface area (Å²) in [5.41, 5.74) is 5.31. The molecule has 1 aromatic heterocycles. The second-order valence-corrected chi connectivity index (χ2v) is 2.89. The second kappa shape index (κ2) is 4.09. The zero-order chi connectivity index (χ0) is 11.6. The van der Waals surface area contributed by atoms with Crippen LogP contribution in [0.4, 0.5) is 0 Å². The lowest BCUT2D eigenvalue weighted by Crippen LogP contribution is -2.27. The minimum absolute atomic E-state index is 0.0466. The van der Waals surface area contributed by atoms with Gasteiger partial charge in [-0.3, -0.25) is 19.1 Å². The number of carbonyl (C=O) groups excluding carboxylic acids is 2. The minimum atomic E-state index is -0.676. The number of hydrogen-bond donors (Lipinski definition) is 1. The molecule has 0 saturated heterocycles. The Morgan fingerprint density at radius 2 is 2.20 bits per heavy atom. The standard InChI is InChI=1S/C8H12N4O3/c1-11-6(8(14)12(2)15-3)4-5(10-11)7(9)13/h4H,1-3H3,(H2,9,13). The number of carbonyl (C=O) groups is 2. The average Bonchev–Trinajstić information content (AvgIpc) is 2.58. The fourth-order valence-corrected chi connectivity index (χ4v) is 1.03. The van der Waals surface area contributed by atoms with Gasteiger partial charge < -0.3 is 5.73 Å². The van der Waals surface area contributed by atoms with Crippen molar-refractivity contribution in [2.75, 3.05) is 14.2 Å². The predicted octanol–water partition coefficient (Wildman–Crippen LogP) is -0.848. The Morgan fingerprint density at radius 1 is 1.60 bits per heavy atom. The summed E-state index contributed by atoms with van der Waals surface area (Å²) >= 11 is 0. The molecule has 0 radical (unpaired) electrons. The first-order chi connectivity index (χ1) is 6.97. The van der Waals surface area contributed by atoms with Crippen molar-refractivity contribution in [3.63, 3.8) is 0 Å². The molecule has 0 aliphatic rings. The molecule has 1 aromatic rings. The SMILES string of the molecule is CON(C)C(=O)c1cc(C(N)=O)nn1C. The fourth-order valence-electron chi connectivity index (χ4n) is 1.03. The van der Waals surface area contributed by atoms with E-state index < -0.39 is 11.8 Å². The number of hydrogen-bond acceptors (Lipinski definition) is 4. The average molecular weight is 212 g/mol. The summed E-state index contributed by atoms with van der Waals surface area (Å²) in [5.74, 6) is -1.08. The summed E-state index contributed by atoms with van der Waals surface area (Å²) in [6, 6.07) is 1.32. The summed E-state index contributed by atoms with van der Waals surface area (Å²) in [4.78, 5) is 27.2. The Morgan fingerprint density at radius 3 is 2.60 bits per heavy atom. The zero-order valence-electron chi connectivity index (χ0n) is 8.72. The Labute approximate surface area is 86.4 Å². The Bertz CT molecular complexity index is 399. The molecule has 0 spiro atoms. The summed E-state index contributed by atoms with van der Waals surface area (Å²) in [7, 11) is 4.37. The summed E-state index contributed by atoms with van der Waals surface area (Å²) in [6.07, 6.45) is 0. The van der Waals surface area contributed by atoms with Gasteiger partial charge in [-0.05, 0) is 0 Å². The first-order valence-corrected chi connectivity index (χ1v) is 4.13. The maximum absolute atomic E-state index is 11.6. The van der Waals surface area contributed by atoms with Gasteiger partial charge in [-0.1, -0.05) is 0 Å². The molecule has 82 valence electrons. The normalized spacial score (nSPS) is 10.1. The van der Waals surface area contributed by atoms with E-state index in [0.29, 0.717) is 0 Å². The van der Waals surface area contributed by atoms with E-state index >= 15 is 0 Å². The van der Waals surface area contributed by atoms with Gasteiger partial charge in [0.15, 0.2) is 5.69 Å². The van der Waals surface area contributed by atoms with E-state index in [9.17, 15) is 9.59 Å². The first kappa shape index (κ1) is 11.2. The molecule has 0 aliphatic carbocycles. The molecule has 0 aliphatic heterocycles. The van der Waals surface area contributed by atoms with Crippen molar-refractivity contribution in [1.29, 1.82) is 0 Å². The van der Waals surface area contributed by atoms with Crippen LogP contribution in [-0.2, 0) is 11.9 Å². The van der Waals surface area contributed by atoms with Crippen LogP contribution in [0, 0.1) is 0 Å². The topological polar surface area (TPSA) is 90.4 Å². The molecule has 0 aromatic carbocycles. The number of aromatic nitrogens is 2. The first-order valence-electron chi connectivity index (χ1n) is 4.13. The van der Waals surface area contributed by atoms with E-state index in [1.807, 2.05) is 0 Å². The van der Waals surface area contributed by atoms with Gasteiger partial charge in [-0.2, -0.15) is 5.10 Å². The molecule has 0 bridgehead atoms. The molecule has 1 rings (SSSR count). The van der Waals surface area contributed by atoms with Gasteiger partial charge in [0.25, 0.3) is 11.8 Å². The monoisotopic (exact) mass is 212 g/mol. The lowest BCUT2D eigenvalue weighted by Gasteiger charge is -2.12. The third-order valence-electron chi connectivity index (χ3n) is 1.91. The van der Waals surface area contributed by atoms with Crippen LogP contribution in [0.1, 0.15) is 21.0 Å². The molecular weight excluding hydrogens is 200 g/mol. The van der Waals surface area contributed by atoms with Crippen LogP contribution in [0.2, 0.25) is 0 Å². The van der Waals surface area contributed by atoms with Crippen LogP contribution in [0.5, 0.6) is 0 Å². The van der Waals surface area contributed by atoms with Crippen molar-refractivity contribution in [3.05, 3.63) is 17.5 Å². The van der Waals surface area contributed by atoms with Crippen molar-refractivity contribution >= 4 is 11.8 Å². The molecule has 7 nitrogen and oxygen atoms in total. The van der Waals surface area contributed by atoms with E-state index in [-0.39, 0.29) is 11.4 Å². The highest BCUT2D eigenvalue weighted by Gasteiger charge is 2.18. The van der Waals surface area contributed by atoms with Crippen LogP contribution >= 0.6 is 0 Å². The van der Waals surface area contributed by atoms with Crippen molar-refractivity contribution in [2.24, 2.45) is 12.8 Å². The summed E-state index contributed by atoms with van der Waals surface area (Å²) in [5, 5.41) is 4.82. The van der Waals surface area contributed by atoms with Crippen LogP contribution in [0.15, 0.2) is 6.07 Å². The number of nitrogens with zero attached hydrogens (tertiary/aromatic N) is 3. The van der Waals surface area contributed by atoms with Crippen LogP contribution in [-0.4, -0.2) is 40.8 Å². The molecule has 0 atom stereocenters. The van der Waals surface area contributed by atoms with Gasteiger partial charge in [-0.15, -0.1) is 0 Å². The van der Waals surface area contributed by atoms with Crippen molar-refractivity contribution in [1.82, 2.24) is 14.8 Å². The van der Waals surface area contributed by atoms with Crippen molar-refractivity contribution in [3.8, 4) is 0 Å². The number of amides is 2. The summed E-state index contributed by atoms with van der Waals surface area (Å²) < 4.78 is 1.28. The number of nitrogens with two attached hydrogens (primary N) is 1. The van der Waals surface area contributed by atoms with Crippen molar-refractivity contribution < 1.29 is 14.4 Å². The highest BCUT2D eigenvalue weighted by atomic mass is 16.7. The third kappa shape index (κ3) is 2.13. The number of rotatable bonds is 3. The predicted molar refractivity (Wildman–Crippen MR) is 50.8 cm³/mol. The fraction of sp³-hybridized carbons (Fsp3) is 0.375. The maximum atomic E-state index is 11.6. The van der Waals surface area contributed by atoms with E-state index in [2.05, 4.69) is 5.10 Å². The molecular formula is C8H12N4O3. The quantitative estimate of drug-likeness (QED) is 0.661. The van der Waals surface area contributed by atoms with Gasteiger partial charge in [0.2, 0.25) is 0 Å². The molecule has 15 heavy (non-hydrogen) atoms. The van der Waals surface area contributed by atoms with E-state index in [0.717, 1.165) is 5.06 Å². The third-order valence-corrected chi connectivity index (χ3v) is 1.91. The molecule has 0 unspecified atom stereocenters. The molecule has 7 heteroatoms. The second-order valence-electron chi connectivity index (χ2n) is 2.89. The van der Waals surface area contributed by atoms with Crippen molar-refractivity contribution in [2.45, 2.75) is 0 Å². The summed E-state index contributed by atoms with van der Waals surface area (Å²) in [6.45, 7) is 0. The number of primary amides is 1. The van der Waals surface area contributed by atoms with Crippen LogP contribution in [0.25, 0.3) is 0 Å². The van der Waals surface area contributed by atoms with Gasteiger partial charge in [0.1, 0.15) is 5.69 Å². The lowest BCUT2D eigenvalue weighted by molar-refractivity contribution is -0.0763. The zero-order valence-corrected chi connectivity index (χ0v) is 8.72. The highest BCUT2D eigenvalue weighted by molar-refractivity contribution is 5.96. The van der Waals surface area contributed by atoms with Gasteiger partial charge in [-0.25, -0.2) is 5.06 Å².